The maximum atomic E-state index is 12.6. The standard InChI is InChI=1S/C15H29N3O/c1-4-6-8-13-15(19)18(14(16-13)7-5-2)12-9-10-17(3)11-12/h12-14,16H,4-11H2,1-3H3. The van der Waals surface area contributed by atoms with Gasteiger partial charge in [0, 0.05) is 12.6 Å². The first-order valence-corrected chi connectivity index (χ1v) is 7.94. The Morgan fingerprint density at radius 3 is 2.63 bits per heavy atom. The van der Waals surface area contributed by atoms with Gasteiger partial charge in [0.25, 0.3) is 0 Å². The minimum atomic E-state index is 0.0717. The second-order valence-corrected chi connectivity index (χ2v) is 6.12. The predicted molar refractivity (Wildman–Crippen MR) is 77.9 cm³/mol. The van der Waals surface area contributed by atoms with Gasteiger partial charge >= 0.3 is 0 Å². The van der Waals surface area contributed by atoms with Crippen molar-refractivity contribution in [3.63, 3.8) is 0 Å². The second kappa shape index (κ2) is 6.71. The van der Waals surface area contributed by atoms with E-state index < -0.39 is 0 Å². The monoisotopic (exact) mass is 267 g/mol. The van der Waals surface area contributed by atoms with Crippen LogP contribution in [0.4, 0.5) is 0 Å². The molecule has 4 nitrogen and oxygen atoms in total. The SMILES string of the molecule is CCCCC1NC(CCC)N(C2CCN(C)C2)C1=O. The van der Waals surface area contributed by atoms with E-state index in [-0.39, 0.29) is 12.2 Å². The van der Waals surface area contributed by atoms with Gasteiger partial charge in [-0.25, -0.2) is 0 Å². The van der Waals surface area contributed by atoms with Gasteiger partial charge in [0.2, 0.25) is 5.91 Å². The molecule has 1 N–H and O–H groups in total. The van der Waals surface area contributed by atoms with Gasteiger partial charge in [0.15, 0.2) is 0 Å². The molecule has 0 aliphatic carbocycles. The molecular weight excluding hydrogens is 238 g/mol. The molecule has 0 saturated carbocycles. The van der Waals surface area contributed by atoms with Crippen LogP contribution in [0.3, 0.4) is 0 Å². The molecule has 0 bridgehead atoms. The topological polar surface area (TPSA) is 35.6 Å². The van der Waals surface area contributed by atoms with E-state index >= 15 is 0 Å². The highest BCUT2D eigenvalue weighted by molar-refractivity contribution is 5.84. The summed E-state index contributed by atoms with van der Waals surface area (Å²) in [5.41, 5.74) is 0. The number of rotatable bonds is 6. The minimum absolute atomic E-state index is 0.0717. The van der Waals surface area contributed by atoms with Gasteiger partial charge in [-0.1, -0.05) is 33.1 Å². The van der Waals surface area contributed by atoms with Crippen LogP contribution in [0, 0.1) is 0 Å². The van der Waals surface area contributed by atoms with Crippen LogP contribution in [-0.4, -0.2) is 54.1 Å². The van der Waals surface area contributed by atoms with E-state index in [9.17, 15) is 4.79 Å². The Hall–Kier alpha value is -0.610. The lowest BCUT2D eigenvalue weighted by Gasteiger charge is -2.30. The molecule has 2 aliphatic heterocycles. The number of hydrogen-bond donors (Lipinski definition) is 1. The third-order valence-electron chi connectivity index (χ3n) is 4.45. The van der Waals surface area contributed by atoms with Crippen LogP contribution in [0.2, 0.25) is 0 Å². The molecule has 2 saturated heterocycles. The number of likely N-dealkylation sites (tertiary alicyclic amines) is 1. The van der Waals surface area contributed by atoms with Crippen molar-refractivity contribution in [3.05, 3.63) is 0 Å². The Kier molecular flexibility index (Phi) is 5.22. The number of nitrogens with one attached hydrogen (secondary N) is 1. The molecule has 0 aromatic rings. The normalized spacial score (nSPS) is 32.5. The fourth-order valence-corrected chi connectivity index (χ4v) is 3.40. The molecule has 4 heteroatoms. The smallest absolute Gasteiger partial charge is 0.241 e. The first kappa shape index (κ1) is 14.8. The van der Waals surface area contributed by atoms with E-state index in [1.165, 1.54) is 0 Å². The maximum absolute atomic E-state index is 12.6. The summed E-state index contributed by atoms with van der Waals surface area (Å²) < 4.78 is 0. The van der Waals surface area contributed by atoms with Crippen LogP contribution in [0.25, 0.3) is 0 Å². The zero-order valence-electron chi connectivity index (χ0n) is 12.7. The quantitative estimate of drug-likeness (QED) is 0.797. The molecule has 3 atom stereocenters. The molecular formula is C15H29N3O. The van der Waals surface area contributed by atoms with Gasteiger partial charge in [-0.05, 0) is 32.9 Å². The zero-order valence-corrected chi connectivity index (χ0v) is 12.7. The number of amides is 1. The molecule has 0 aromatic heterocycles. The van der Waals surface area contributed by atoms with Gasteiger partial charge in [-0.15, -0.1) is 0 Å². The summed E-state index contributed by atoms with van der Waals surface area (Å²) in [6, 6.07) is 0.496. The van der Waals surface area contributed by atoms with Crippen molar-refractivity contribution in [2.24, 2.45) is 0 Å². The number of carbonyl (C=O) groups is 1. The van der Waals surface area contributed by atoms with E-state index in [2.05, 4.69) is 36.0 Å². The van der Waals surface area contributed by atoms with Crippen molar-refractivity contribution in [2.75, 3.05) is 20.1 Å². The number of hydrogen-bond acceptors (Lipinski definition) is 3. The van der Waals surface area contributed by atoms with Crippen molar-refractivity contribution in [3.8, 4) is 0 Å². The Balaban J connectivity index is 2.02. The Labute approximate surface area is 117 Å². The number of nitrogens with zero attached hydrogens (tertiary/aromatic N) is 2. The maximum Gasteiger partial charge on any atom is 0.241 e. The zero-order chi connectivity index (χ0) is 13.8. The third-order valence-corrected chi connectivity index (χ3v) is 4.45. The highest BCUT2D eigenvalue weighted by Crippen LogP contribution is 2.25. The molecule has 19 heavy (non-hydrogen) atoms. The number of unbranched alkanes of at least 4 members (excludes halogenated alkanes) is 1. The van der Waals surface area contributed by atoms with Gasteiger partial charge in [0.1, 0.15) is 0 Å². The fraction of sp³-hybridized carbons (Fsp3) is 0.933. The van der Waals surface area contributed by atoms with Gasteiger partial charge < -0.3 is 9.80 Å². The summed E-state index contributed by atoms with van der Waals surface area (Å²) in [4.78, 5) is 17.1. The number of likely N-dealkylation sites (N-methyl/N-ethyl adjacent to an activating group) is 1. The lowest BCUT2D eigenvalue weighted by atomic mass is 10.1. The summed E-state index contributed by atoms with van der Waals surface area (Å²) in [7, 11) is 2.15. The first-order chi connectivity index (χ1) is 9.17. The summed E-state index contributed by atoms with van der Waals surface area (Å²) in [6.45, 7) is 6.54. The summed E-state index contributed by atoms with van der Waals surface area (Å²) >= 11 is 0. The molecule has 2 rings (SSSR count). The average molecular weight is 267 g/mol. The van der Waals surface area contributed by atoms with Crippen molar-refractivity contribution >= 4 is 5.91 Å². The van der Waals surface area contributed by atoms with Gasteiger partial charge in [-0.2, -0.15) is 0 Å². The lowest BCUT2D eigenvalue weighted by Crippen LogP contribution is -2.45. The van der Waals surface area contributed by atoms with Crippen LogP contribution in [0.1, 0.15) is 52.4 Å². The fourth-order valence-electron chi connectivity index (χ4n) is 3.40. The molecule has 1 amide bonds. The highest BCUT2D eigenvalue weighted by Gasteiger charge is 2.42. The third kappa shape index (κ3) is 3.29. The largest absolute Gasteiger partial charge is 0.321 e. The molecule has 0 spiro atoms. The average Bonchev–Trinajstić information content (AvgIpc) is 2.92. The summed E-state index contributed by atoms with van der Waals surface area (Å²) in [5.74, 6) is 0.354. The molecule has 2 aliphatic rings. The lowest BCUT2D eigenvalue weighted by molar-refractivity contribution is -0.132. The van der Waals surface area contributed by atoms with Crippen molar-refractivity contribution in [2.45, 2.75) is 70.6 Å². The predicted octanol–water partition coefficient (Wildman–Crippen LogP) is 1.81. The van der Waals surface area contributed by atoms with E-state index in [1.54, 1.807) is 0 Å². The van der Waals surface area contributed by atoms with Crippen LogP contribution in [0.15, 0.2) is 0 Å². The number of carbonyl (C=O) groups excluding carboxylic acids is 1. The van der Waals surface area contributed by atoms with E-state index in [4.69, 9.17) is 0 Å². The Morgan fingerprint density at radius 2 is 2.05 bits per heavy atom. The molecule has 3 unspecified atom stereocenters. The molecule has 0 radical (unpaired) electrons. The summed E-state index contributed by atoms with van der Waals surface area (Å²) in [5, 5.41) is 3.58. The molecule has 2 heterocycles. The van der Waals surface area contributed by atoms with E-state index in [1.807, 2.05) is 0 Å². The molecule has 2 fully saturated rings. The highest BCUT2D eigenvalue weighted by atomic mass is 16.2. The first-order valence-electron chi connectivity index (χ1n) is 7.94. The van der Waals surface area contributed by atoms with Gasteiger partial charge in [0.05, 0.1) is 12.2 Å². The minimum Gasteiger partial charge on any atom is -0.321 e. The van der Waals surface area contributed by atoms with Crippen LogP contribution >= 0.6 is 0 Å². The molecule has 110 valence electrons. The van der Waals surface area contributed by atoms with Crippen molar-refractivity contribution in [1.29, 1.82) is 0 Å². The van der Waals surface area contributed by atoms with E-state index in [0.29, 0.717) is 11.9 Å². The Morgan fingerprint density at radius 1 is 1.26 bits per heavy atom. The van der Waals surface area contributed by atoms with Crippen LogP contribution in [0.5, 0.6) is 0 Å². The van der Waals surface area contributed by atoms with Crippen LogP contribution < -0.4 is 5.32 Å². The van der Waals surface area contributed by atoms with Crippen LogP contribution in [-0.2, 0) is 4.79 Å². The van der Waals surface area contributed by atoms with Gasteiger partial charge in [-0.3, -0.25) is 10.1 Å². The second-order valence-electron chi connectivity index (χ2n) is 6.12. The van der Waals surface area contributed by atoms with E-state index in [0.717, 1.165) is 51.6 Å². The van der Waals surface area contributed by atoms with Crippen molar-refractivity contribution in [1.82, 2.24) is 15.1 Å². The Bertz CT molecular complexity index is 308. The van der Waals surface area contributed by atoms with Crippen molar-refractivity contribution < 1.29 is 4.79 Å². The molecule has 0 aromatic carbocycles. The summed E-state index contributed by atoms with van der Waals surface area (Å²) in [6.07, 6.45) is 6.91.